The van der Waals surface area contributed by atoms with Gasteiger partial charge in [-0.25, -0.2) is 0 Å². The minimum atomic E-state index is 0.923. The van der Waals surface area contributed by atoms with Crippen LogP contribution in [0.3, 0.4) is 0 Å². The molecule has 0 saturated heterocycles. The average molecular weight is 368 g/mol. The first-order valence-electron chi connectivity index (χ1n) is 6.49. The van der Waals surface area contributed by atoms with Gasteiger partial charge >= 0.3 is 0 Å². The number of hydrogen-bond donors (Lipinski definition) is 1. The lowest BCUT2D eigenvalue weighted by Crippen LogP contribution is -2.22. The van der Waals surface area contributed by atoms with Crippen molar-refractivity contribution in [3.8, 4) is 5.75 Å². The molecule has 1 aliphatic heterocycles. The molecule has 1 aromatic carbocycles. The summed E-state index contributed by atoms with van der Waals surface area (Å²) >= 11 is 2.39. The van der Waals surface area contributed by atoms with E-state index in [4.69, 9.17) is 4.74 Å². The van der Waals surface area contributed by atoms with Gasteiger partial charge in [0, 0.05) is 30.5 Å². The maximum Gasteiger partial charge on any atom is 0.119 e. The second-order valence-electron chi connectivity index (χ2n) is 4.81. The van der Waals surface area contributed by atoms with Gasteiger partial charge in [-0.1, -0.05) is 12.2 Å². The molecule has 0 aliphatic carbocycles. The van der Waals surface area contributed by atoms with Crippen molar-refractivity contribution in [2.45, 2.75) is 6.42 Å². The van der Waals surface area contributed by atoms with Crippen molar-refractivity contribution in [3.63, 3.8) is 0 Å². The molecular formula is C15H17IN2O. The van der Waals surface area contributed by atoms with Gasteiger partial charge in [0.25, 0.3) is 0 Å². The smallest absolute Gasteiger partial charge is 0.119 e. The Balaban J connectivity index is 1.86. The Kier molecular flexibility index (Phi) is 3.79. The molecule has 1 N–H and O–H groups in total. The maximum absolute atomic E-state index is 5.33. The van der Waals surface area contributed by atoms with Crippen LogP contribution in [0.25, 0.3) is 10.9 Å². The lowest BCUT2D eigenvalue weighted by molar-refractivity contribution is 0.357. The lowest BCUT2D eigenvalue weighted by atomic mass is 10.1. The summed E-state index contributed by atoms with van der Waals surface area (Å²) in [4.78, 5) is 5.90. The first kappa shape index (κ1) is 13.0. The second kappa shape index (κ2) is 5.54. The highest BCUT2D eigenvalue weighted by atomic mass is 127. The molecule has 2 aromatic rings. The first-order valence-corrected chi connectivity index (χ1v) is 7.57. The van der Waals surface area contributed by atoms with E-state index in [0.717, 1.165) is 31.8 Å². The Labute approximate surface area is 126 Å². The summed E-state index contributed by atoms with van der Waals surface area (Å²) in [6.07, 6.45) is 5.56. The van der Waals surface area contributed by atoms with Crippen LogP contribution in [0.2, 0.25) is 0 Å². The van der Waals surface area contributed by atoms with Crippen LogP contribution in [0.4, 0.5) is 0 Å². The zero-order valence-electron chi connectivity index (χ0n) is 10.9. The molecule has 3 nitrogen and oxygen atoms in total. The van der Waals surface area contributed by atoms with Crippen molar-refractivity contribution in [3.05, 3.63) is 39.6 Å². The van der Waals surface area contributed by atoms with E-state index in [-0.39, 0.29) is 0 Å². The van der Waals surface area contributed by atoms with Crippen molar-refractivity contribution < 1.29 is 4.74 Å². The van der Waals surface area contributed by atoms with E-state index in [9.17, 15) is 0 Å². The molecule has 3 rings (SSSR count). The molecule has 0 spiro atoms. The minimum Gasteiger partial charge on any atom is -0.497 e. The van der Waals surface area contributed by atoms with Gasteiger partial charge in [0.2, 0.25) is 0 Å². The number of benzene rings is 1. The largest absolute Gasteiger partial charge is 0.497 e. The van der Waals surface area contributed by atoms with Crippen LogP contribution < -0.4 is 4.74 Å². The number of halogens is 1. The third-order valence-corrected chi connectivity index (χ3v) is 4.55. The van der Waals surface area contributed by atoms with E-state index < -0.39 is 0 Å². The lowest BCUT2D eigenvalue weighted by Gasteiger charge is -2.14. The number of nitrogens with zero attached hydrogens (tertiary/aromatic N) is 1. The van der Waals surface area contributed by atoms with E-state index in [0.29, 0.717) is 0 Å². The van der Waals surface area contributed by atoms with Crippen molar-refractivity contribution in [1.29, 1.82) is 0 Å². The predicted octanol–water partition coefficient (Wildman–Crippen LogP) is 3.20. The third kappa shape index (κ3) is 2.65. The number of methoxy groups -OCH3 is 1. The second-order valence-corrected chi connectivity index (χ2v) is 5.89. The van der Waals surface area contributed by atoms with E-state index >= 15 is 0 Å². The molecule has 0 bridgehead atoms. The van der Waals surface area contributed by atoms with Crippen LogP contribution in [0.5, 0.6) is 5.75 Å². The van der Waals surface area contributed by atoms with Gasteiger partial charge in [-0.3, -0.25) is 4.90 Å². The number of hydrogen-bond acceptors (Lipinski definition) is 2. The Morgan fingerprint density at radius 1 is 1.32 bits per heavy atom. The normalized spacial score (nSPS) is 15.5. The Morgan fingerprint density at radius 2 is 2.11 bits per heavy atom. The monoisotopic (exact) mass is 368 g/mol. The van der Waals surface area contributed by atoms with Crippen LogP contribution in [-0.2, 0) is 6.42 Å². The Bertz CT molecular complexity index is 610. The van der Waals surface area contributed by atoms with Gasteiger partial charge in [0.15, 0.2) is 0 Å². The quantitative estimate of drug-likeness (QED) is 0.663. The predicted molar refractivity (Wildman–Crippen MR) is 86.9 cm³/mol. The van der Waals surface area contributed by atoms with Gasteiger partial charge in [-0.05, 0) is 52.8 Å². The fourth-order valence-corrected chi connectivity index (χ4v) is 3.39. The molecule has 0 saturated carbocycles. The van der Waals surface area contributed by atoms with Crippen molar-refractivity contribution in [2.75, 3.05) is 26.7 Å². The molecule has 0 radical (unpaired) electrons. The molecular weight excluding hydrogens is 351 g/mol. The summed E-state index contributed by atoms with van der Waals surface area (Å²) < 4.78 is 6.57. The number of aromatic amines is 1. The van der Waals surface area contributed by atoms with Crippen molar-refractivity contribution in [1.82, 2.24) is 9.88 Å². The molecule has 0 unspecified atom stereocenters. The van der Waals surface area contributed by atoms with E-state index in [1.165, 1.54) is 20.2 Å². The summed E-state index contributed by atoms with van der Waals surface area (Å²) in [7, 11) is 1.72. The van der Waals surface area contributed by atoms with E-state index in [2.05, 4.69) is 56.8 Å². The average Bonchev–Trinajstić information content (AvgIpc) is 3.03. The molecule has 2 heterocycles. The maximum atomic E-state index is 5.33. The Hall–Kier alpha value is -1.01. The molecule has 0 fully saturated rings. The zero-order valence-corrected chi connectivity index (χ0v) is 13.1. The van der Waals surface area contributed by atoms with Gasteiger partial charge in [0.05, 0.1) is 10.8 Å². The first-order chi connectivity index (χ1) is 9.28. The number of aromatic nitrogens is 1. The molecule has 1 aliphatic rings. The number of nitrogens with one attached hydrogen (secondary N) is 1. The van der Waals surface area contributed by atoms with E-state index in [1.54, 1.807) is 7.11 Å². The summed E-state index contributed by atoms with van der Waals surface area (Å²) in [6, 6.07) is 6.23. The van der Waals surface area contributed by atoms with Crippen LogP contribution >= 0.6 is 22.6 Å². The van der Waals surface area contributed by atoms with Crippen LogP contribution in [0.15, 0.2) is 30.4 Å². The SMILES string of the molecule is COc1ccc2[nH]c(I)c(CCN3CC=CC3)c2c1. The number of ether oxygens (including phenoxy) is 1. The molecule has 100 valence electrons. The molecule has 0 atom stereocenters. The highest BCUT2D eigenvalue weighted by Gasteiger charge is 2.13. The van der Waals surface area contributed by atoms with Gasteiger partial charge in [0.1, 0.15) is 5.75 Å². The van der Waals surface area contributed by atoms with Gasteiger partial charge in [-0.2, -0.15) is 0 Å². The highest BCUT2D eigenvalue weighted by molar-refractivity contribution is 14.1. The summed E-state index contributed by atoms with van der Waals surface area (Å²) in [5.41, 5.74) is 2.60. The minimum absolute atomic E-state index is 0.923. The van der Waals surface area contributed by atoms with Gasteiger partial charge in [-0.15, -0.1) is 0 Å². The zero-order chi connectivity index (χ0) is 13.2. The standard InChI is InChI=1S/C15H17IN2O/c1-19-11-4-5-14-13(10-11)12(15(16)17-14)6-9-18-7-2-3-8-18/h2-5,10,17H,6-9H2,1H3. The number of fused-ring (bicyclic) bond motifs is 1. The van der Waals surface area contributed by atoms with Crippen LogP contribution in [-0.4, -0.2) is 36.6 Å². The molecule has 19 heavy (non-hydrogen) atoms. The fraction of sp³-hybridized carbons (Fsp3) is 0.333. The molecule has 1 aromatic heterocycles. The highest BCUT2D eigenvalue weighted by Crippen LogP contribution is 2.28. The Morgan fingerprint density at radius 3 is 2.84 bits per heavy atom. The summed E-state index contributed by atoms with van der Waals surface area (Å²) in [5.74, 6) is 0.923. The topological polar surface area (TPSA) is 28.3 Å². The number of rotatable bonds is 4. The third-order valence-electron chi connectivity index (χ3n) is 3.63. The summed E-state index contributed by atoms with van der Waals surface area (Å²) in [6.45, 7) is 3.28. The van der Waals surface area contributed by atoms with Crippen molar-refractivity contribution in [2.24, 2.45) is 0 Å². The number of H-pyrrole nitrogens is 1. The van der Waals surface area contributed by atoms with Crippen molar-refractivity contribution >= 4 is 33.5 Å². The fourth-order valence-electron chi connectivity index (χ4n) is 2.54. The van der Waals surface area contributed by atoms with Gasteiger partial charge < -0.3 is 9.72 Å². The van der Waals surface area contributed by atoms with E-state index in [1.807, 2.05) is 6.07 Å². The van der Waals surface area contributed by atoms with Crippen LogP contribution in [0, 0.1) is 3.70 Å². The molecule has 4 heteroatoms. The summed E-state index contributed by atoms with van der Waals surface area (Å²) in [5, 5.41) is 1.29. The molecule has 0 amide bonds. The van der Waals surface area contributed by atoms with Crippen LogP contribution in [0.1, 0.15) is 5.56 Å².